The fourth-order valence-corrected chi connectivity index (χ4v) is 1.60. The molecule has 0 bridgehead atoms. The number of rotatable bonds is 3. The molecule has 0 unspecified atom stereocenters. The number of carbonyl (C=O) groups excluding carboxylic acids is 1. The minimum atomic E-state index is -0.461. The predicted octanol–water partition coefficient (Wildman–Crippen LogP) is 2.95. The molecule has 0 saturated heterocycles. The number of amides is 2. The summed E-state index contributed by atoms with van der Waals surface area (Å²) in [5, 5.41) is 2.35. The van der Waals surface area contributed by atoms with E-state index in [0.717, 1.165) is 6.42 Å². The van der Waals surface area contributed by atoms with Crippen molar-refractivity contribution < 1.29 is 4.79 Å². The lowest BCUT2D eigenvalue weighted by molar-refractivity contribution is 0.249. The summed E-state index contributed by atoms with van der Waals surface area (Å²) in [7, 11) is 0. The van der Waals surface area contributed by atoms with Crippen molar-refractivity contribution in [3.63, 3.8) is 0 Å². The number of nitrogens with one attached hydrogen (secondary N) is 1. The average Bonchev–Trinajstić information content (AvgIpc) is 2.41. The highest BCUT2D eigenvalue weighted by Gasteiger charge is 1.92. The molecular weight excluding hydrogens is 236 g/mol. The van der Waals surface area contributed by atoms with E-state index in [1.54, 1.807) is 0 Å². The van der Waals surface area contributed by atoms with Crippen molar-refractivity contribution in [1.29, 1.82) is 0 Å². The van der Waals surface area contributed by atoms with Gasteiger partial charge in [-0.1, -0.05) is 60.7 Å². The Labute approximate surface area is 114 Å². The predicted molar refractivity (Wildman–Crippen MR) is 79.0 cm³/mol. The number of carbonyl (C=O) groups is 1. The highest BCUT2D eigenvalue weighted by molar-refractivity contribution is 5.71. The number of primary amides is 1. The third-order valence-electron chi connectivity index (χ3n) is 2.44. The van der Waals surface area contributed by atoms with Crippen LogP contribution in [0.25, 0.3) is 0 Å². The molecule has 2 aromatic rings. The molecule has 3 nitrogen and oxygen atoms in total. The Hall–Kier alpha value is -2.29. The van der Waals surface area contributed by atoms with Gasteiger partial charge < -0.3 is 11.1 Å². The Morgan fingerprint density at radius 3 is 1.63 bits per heavy atom. The zero-order valence-corrected chi connectivity index (χ0v) is 11.2. The van der Waals surface area contributed by atoms with Gasteiger partial charge in [0.15, 0.2) is 0 Å². The molecule has 0 radical (unpaired) electrons. The van der Waals surface area contributed by atoms with Crippen LogP contribution in [0, 0.1) is 0 Å². The van der Waals surface area contributed by atoms with Gasteiger partial charge in [-0.2, -0.15) is 0 Å². The monoisotopic (exact) mass is 256 g/mol. The maximum Gasteiger partial charge on any atom is 0.312 e. The molecule has 0 aliphatic carbocycles. The highest BCUT2D eigenvalue weighted by atomic mass is 16.2. The first-order valence-electron chi connectivity index (χ1n) is 6.33. The third kappa shape index (κ3) is 6.88. The maximum atomic E-state index is 9.71. The van der Waals surface area contributed by atoms with E-state index >= 15 is 0 Å². The van der Waals surface area contributed by atoms with E-state index in [1.807, 2.05) is 6.92 Å². The van der Waals surface area contributed by atoms with Crippen molar-refractivity contribution in [2.24, 2.45) is 5.73 Å². The number of urea groups is 1. The first kappa shape index (κ1) is 14.8. The van der Waals surface area contributed by atoms with E-state index in [1.165, 1.54) is 11.1 Å². The second-order valence-corrected chi connectivity index (χ2v) is 4.04. The molecule has 0 atom stereocenters. The van der Waals surface area contributed by atoms with Gasteiger partial charge >= 0.3 is 6.03 Å². The van der Waals surface area contributed by atoms with E-state index in [-0.39, 0.29) is 0 Å². The molecule has 100 valence electrons. The van der Waals surface area contributed by atoms with Gasteiger partial charge in [-0.3, -0.25) is 0 Å². The molecular formula is C16H20N2O. The van der Waals surface area contributed by atoms with Crippen LogP contribution in [0.3, 0.4) is 0 Å². The van der Waals surface area contributed by atoms with Crippen molar-refractivity contribution in [2.45, 2.75) is 13.3 Å². The van der Waals surface area contributed by atoms with Crippen LogP contribution in [0.4, 0.5) is 4.79 Å². The van der Waals surface area contributed by atoms with Crippen molar-refractivity contribution in [3.05, 3.63) is 71.8 Å². The fraction of sp³-hybridized carbons (Fsp3) is 0.188. The molecule has 0 spiro atoms. The number of hydrogen-bond donors (Lipinski definition) is 2. The minimum absolute atomic E-state index is 0.461. The Morgan fingerprint density at radius 2 is 1.37 bits per heavy atom. The molecule has 0 aromatic heterocycles. The lowest BCUT2D eigenvalue weighted by atomic mass is 10.1. The SMILES string of the molecule is CCNC(N)=O.c1ccc(Cc2ccccc2)cc1. The molecule has 2 amide bonds. The molecule has 0 fully saturated rings. The van der Waals surface area contributed by atoms with E-state index in [0.29, 0.717) is 6.54 Å². The Bertz CT molecular complexity index is 431. The summed E-state index contributed by atoms with van der Waals surface area (Å²) in [5.74, 6) is 0. The third-order valence-corrected chi connectivity index (χ3v) is 2.44. The van der Waals surface area contributed by atoms with E-state index < -0.39 is 6.03 Å². The number of nitrogens with two attached hydrogens (primary N) is 1. The standard InChI is InChI=1S/C13H12.C3H8N2O/c1-3-7-12(8-4-1)11-13-9-5-2-6-10-13;1-2-5-3(4)6/h1-10H,11H2;2H2,1H3,(H3,4,5,6). The Kier molecular flexibility index (Phi) is 6.80. The van der Waals surface area contributed by atoms with Crippen molar-refractivity contribution in [2.75, 3.05) is 6.54 Å². The topological polar surface area (TPSA) is 55.1 Å². The first-order valence-corrected chi connectivity index (χ1v) is 6.33. The molecule has 0 aliphatic rings. The lowest BCUT2D eigenvalue weighted by Gasteiger charge is -2.00. The molecule has 2 aromatic carbocycles. The lowest BCUT2D eigenvalue weighted by Crippen LogP contribution is -2.28. The summed E-state index contributed by atoms with van der Waals surface area (Å²) < 4.78 is 0. The molecule has 0 saturated carbocycles. The van der Waals surface area contributed by atoms with Gasteiger partial charge in [-0.25, -0.2) is 4.79 Å². The summed E-state index contributed by atoms with van der Waals surface area (Å²) in [4.78, 5) is 9.71. The van der Waals surface area contributed by atoms with Crippen LogP contribution in [0.1, 0.15) is 18.1 Å². The quantitative estimate of drug-likeness (QED) is 0.871. The van der Waals surface area contributed by atoms with E-state index in [2.05, 4.69) is 71.7 Å². The highest BCUT2D eigenvalue weighted by Crippen LogP contribution is 2.07. The van der Waals surface area contributed by atoms with Crippen LogP contribution in [0.2, 0.25) is 0 Å². The smallest absolute Gasteiger partial charge is 0.312 e. The Morgan fingerprint density at radius 1 is 0.947 bits per heavy atom. The van der Waals surface area contributed by atoms with Gasteiger partial charge in [0, 0.05) is 6.54 Å². The molecule has 2 rings (SSSR count). The van der Waals surface area contributed by atoms with E-state index in [4.69, 9.17) is 0 Å². The molecule has 0 aliphatic heterocycles. The maximum absolute atomic E-state index is 9.71. The number of hydrogen-bond acceptors (Lipinski definition) is 1. The zero-order valence-electron chi connectivity index (χ0n) is 11.2. The molecule has 19 heavy (non-hydrogen) atoms. The average molecular weight is 256 g/mol. The second-order valence-electron chi connectivity index (χ2n) is 4.04. The van der Waals surface area contributed by atoms with Gasteiger partial charge in [0.2, 0.25) is 0 Å². The fourth-order valence-electron chi connectivity index (χ4n) is 1.60. The molecule has 3 N–H and O–H groups in total. The van der Waals surface area contributed by atoms with E-state index in [9.17, 15) is 4.79 Å². The first-order chi connectivity index (χ1) is 9.22. The summed E-state index contributed by atoms with van der Waals surface area (Å²) in [6.45, 7) is 2.42. The zero-order chi connectivity index (χ0) is 13.9. The van der Waals surface area contributed by atoms with Gasteiger partial charge in [-0.15, -0.1) is 0 Å². The number of benzene rings is 2. The van der Waals surface area contributed by atoms with Crippen LogP contribution in [0.5, 0.6) is 0 Å². The van der Waals surface area contributed by atoms with Crippen LogP contribution in [-0.2, 0) is 6.42 Å². The summed E-state index contributed by atoms with van der Waals surface area (Å²) in [6.07, 6.45) is 1.03. The van der Waals surface area contributed by atoms with Gasteiger partial charge in [-0.05, 0) is 24.5 Å². The minimum Gasteiger partial charge on any atom is -0.352 e. The Balaban J connectivity index is 0.000000258. The van der Waals surface area contributed by atoms with Crippen molar-refractivity contribution in [1.82, 2.24) is 5.32 Å². The summed E-state index contributed by atoms with van der Waals surface area (Å²) in [6, 6.07) is 20.6. The van der Waals surface area contributed by atoms with Gasteiger partial charge in [0.05, 0.1) is 0 Å². The van der Waals surface area contributed by atoms with Crippen LogP contribution in [0.15, 0.2) is 60.7 Å². The second kappa shape index (κ2) is 8.75. The largest absolute Gasteiger partial charge is 0.352 e. The van der Waals surface area contributed by atoms with Crippen molar-refractivity contribution in [3.8, 4) is 0 Å². The summed E-state index contributed by atoms with van der Waals surface area (Å²) in [5.41, 5.74) is 7.39. The molecule has 3 heteroatoms. The van der Waals surface area contributed by atoms with Crippen LogP contribution in [-0.4, -0.2) is 12.6 Å². The van der Waals surface area contributed by atoms with Crippen LogP contribution < -0.4 is 11.1 Å². The van der Waals surface area contributed by atoms with Crippen LogP contribution >= 0.6 is 0 Å². The normalized spacial score (nSPS) is 9.11. The molecule has 0 heterocycles. The van der Waals surface area contributed by atoms with Crippen molar-refractivity contribution >= 4 is 6.03 Å². The van der Waals surface area contributed by atoms with Gasteiger partial charge in [0.1, 0.15) is 0 Å². The summed E-state index contributed by atoms with van der Waals surface area (Å²) >= 11 is 0. The van der Waals surface area contributed by atoms with Gasteiger partial charge in [0.25, 0.3) is 0 Å².